The van der Waals surface area contributed by atoms with Gasteiger partial charge in [-0.25, -0.2) is 8.42 Å². The van der Waals surface area contributed by atoms with Crippen LogP contribution in [-0.4, -0.2) is 55.8 Å². The average molecular weight is 302 g/mol. The van der Waals surface area contributed by atoms with Crippen LogP contribution < -0.4 is 5.32 Å². The van der Waals surface area contributed by atoms with Crippen LogP contribution in [0.15, 0.2) is 0 Å². The number of nitrogens with one attached hydrogen (secondary N) is 1. The molecule has 114 valence electrons. The van der Waals surface area contributed by atoms with E-state index >= 15 is 0 Å². The zero-order valence-electron chi connectivity index (χ0n) is 11.6. The first-order valence-corrected chi connectivity index (χ1v) is 9.06. The number of hydrogen-bond donors (Lipinski definition) is 1. The number of nitrogens with zero attached hydrogens (tertiary/aromatic N) is 1. The zero-order valence-corrected chi connectivity index (χ0v) is 12.5. The van der Waals surface area contributed by atoms with Gasteiger partial charge in [0.25, 0.3) is 0 Å². The maximum atomic E-state index is 12.0. The highest BCUT2D eigenvalue weighted by molar-refractivity contribution is 7.91. The van der Waals surface area contributed by atoms with Crippen LogP contribution in [0.1, 0.15) is 38.5 Å². The van der Waals surface area contributed by atoms with Crippen molar-refractivity contribution >= 4 is 21.7 Å². The minimum atomic E-state index is -3.00. The maximum Gasteiger partial charge on any atom is 0.232 e. The van der Waals surface area contributed by atoms with Gasteiger partial charge in [0.1, 0.15) is 6.42 Å². The lowest BCUT2D eigenvalue weighted by atomic mass is 10.2. The van der Waals surface area contributed by atoms with Crippen LogP contribution in [0, 0.1) is 0 Å². The van der Waals surface area contributed by atoms with Crippen molar-refractivity contribution in [2.24, 2.45) is 0 Å². The molecule has 0 aliphatic carbocycles. The highest BCUT2D eigenvalue weighted by Gasteiger charge is 2.29. The quantitative estimate of drug-likeness (QED) is 0.749. The van der Waals surface area contributed by atoms with E-state index in [1.807, 2.05) is 0 Å². The summed E-state index contributed by atoms with van der Waals surface area (Å²) in [5.74, 6) is -0.388. The first-order valence-electron chi connectivity index (χ1n) is 7.24. The predicted molar refractivity (Wildman–Crippen MR) is 74.9 cm³/mol. The molecule has 1 atom stereocenters. The monoisotopic (exact) mass is 302 g/mol. The van der Waals surface area contributed by atoms with Crippen LogP contribution in [0.2, 0.25) is 0 Å². The molecule has 0 spiro atoms. The fourth-order valence-corrected chi connectivity index (χ4v) is 4.43. The molecule has 1 N–H and O–H groups in total. The third-order valence-corrected chi connectivity index (χ3v) is 5.64. The Balaban J connectivity index is 1.77. The van der Waals surface area contributed by atoms with E-state index in [1.165, 1.54) is 0 Å². The highest BCUT2D eigenvalue weighted by atomic mass is 32.2. The van der Waals surface area contributed by atoms with Crippen LogP contribution >= 0.6 is 0 Å². The normalized spacial score (nSPS) is 26.0. The summed E-state index contributed by atoms with van der Waals surface area (Å²) in [5.41, 5.74) is 0. The van der Waals surface area contributed by atoms with Gasteiger partial charge in [0, 0.05) is 19.1 Å². The van der Waals surface area contributed by atoms with Crippen molar-refractivity contribution in [3.63, 3.8) is 0 Å². The summed E-state index contributed by atoms with van der Waals surface area (Å²) in [6, 6.07) is -0.329. The van der Waals surface area contributed by atoms with Gasteiger partial charge >= 0.3 is 0 Å². The summed E-state index contributed by atoms with van der Waals surface area (Å²) in [5, 5.41) is 2.65. The van der Waals surface area contributed by atoms with Gasteiger partial charge in [-0.1, -0.05) is 12.8 Å². The van der Waals surface area contributed by atoms with Crippen LogP contribution in [0.3, 0.4) is 0 Å². The molecule has 2 aliphatic rings. The molecule has 2 heterocycles. The standard InChI is InChI=1S/C13H22N2O4S/c16-12(14-11-5-8-20(18,19)10-11)9-13(17)15-6-3-1-2-4-7-15/h11H,1-10H2,(H,14,16). The molecule has 2 rings (SSSR count). The van der Waals surface area contributed by atoms with Gasteiger partial charge in [0.15, 0.2) is 9.84 Å². The molecule has 0 aromatic rings. The van der Waals surface area contributed by atoms with Crippen LogP contribution in [0.25, 0.3) is 0 Å². The minimum absolute atomic E-state index is 0.00333. The zero-order chi connectivity index (χ0) is 14.6. The molecule has 0 radical (unpaired) electrons. The van der Waals surface area contributed by atoms with Crippen molar-refractivity contribution in [3.8, 4) is 0 Å². The summed E-state index contributed by atoms with van der Waals surface area (Å²) >= 11 is 0. The second kappa shape index (κ2) is 6.56. The molecule has 7 heteroatoms. The van der Waals surface area contributed by atoms with E-state index in [4.69, 9.17) is 0 Å². The Morgan fingerprint density at radius 3 is 2.30 bits per heavy atom. The smallest absolute Gasteiger partial charge is 0.232 e. The van der Waals surface area contributed by atoms with E-state index in [0.29, 0.717) is 6.42 Å². The lowest BCUT2D eigenvalue weighted by molar-refractivity contribution is -0.136. The van der Waals surface area contributed by atoms with Crippen molar-refractivity contribution in [3.05, 3.63) is 0 Å². The fourth-order valence-electron chi connectivity index (χ4n) is 2.76. The van der Waals surface area contributed by atoms with Crippen molar-refractivity contribution in [2.45, 2.75) is 44.6 Å². The SMILES string of the molecule is O=C(CC(=O)N1CCCCCC1)NC1CCS(=O)(=O)C1. The van der Waals surface area contributed by atoms with Crippen molar-refractivity contribution in [1.29, 1.82) is 0 Å². The molecule has 20 heavy (non-hydrogen) atoms. The largest absolute Gasteiger partial charge is 0.352 e. The lowest BCUT2D eigenvalue weighted by Crippen LogP contribution is -2.40. The predicted octanol–water partition coefficient (Wildman–Crippen LogP) is 0.0824. The summed E-state index contributed by atoms with van der Waals surface area (Å²) in [7, 11) is -3.00. The fraction of sp³-hybridized carbons (Fsp3) is 0.846. The van der Waals surface area contributed by atoms with Crippen LogP contribution in [0.4, 0.5) is 0 Å². The Morgan fingerprint density at radius 1 is 1.10 bits per heavy atom. The number of amides is 2. The van der Waals surface area contributed by atoms with E-state index < -0.39 is 9.84 Å². The van der Waals surface area contributed by atoms with E-state index in [0.717, 1.165) is 38.8 Å². The average Bonchev–Trinajstić information content (AvgIpc) is 2.59. The second-order valence-corrected chi connectivity index (χ2v) is 7.87. The molecule has 0 aromatic heterocycles. The number of carbonyl (C=O) groups excluding carboxylic acids is 2. The summed E-state index contributed by atoms with van der Waals surface area (Å²) in [6.45, 7) is 1.45. The first kappa shape index (κ1) is 15.3. The first-order chi connectivity index (χ1) is 9.46. The Morgan fingerprint density at radius 2 is 1.75 bits per heavy atom. The second-order valence-electron chi connectivity index (χ2n) is 5.64. The Bertz CT molecular complexity index is 467. The van der Waals surface area contributed by atoms with Gasteiger partial charge in [-0.15, -0.1) is 0 Å². The van der Waals surface area contributed by atoms with Gasteiger partial charge in [-0.3, -0.25) is 9.59 Å². The highest BCUT2D eigenvalue weighted by Crippen LogP contribution is 2.13. The molecule has 0 saturated carbocycles. The summed E-state index contributed by atoms with van der Waals surface area (Å²) < 4.78 is 22.6. The molecule has 6 nitrogen and oxygen atoms in total. The number of rotatable bonds is 3. The number of likely N-dealkylation sites (tertiary alicyclic amines) is 1. The number of hydrogen-bond acceptors (Lipinski definition) is 4. The van der Waals surface area contributed by atoms with Gasteiger partial charge in [0.05, 0.1) is 11.5 Å². The van der Waals surface area contributed by atoms with E-state index in [-0.39, 0.29) is 35.8 Å². The van der Waals surface area contributed by atoms with Gasteiger partial charge in [0.2, 0.25) is 11.8 Å². The molecule has 0 aromatic carbocycles. The topological polar surface area (TPSA) is 83.6 Å². The molecule has 2 amide bonds. The summed E-state index contributed by atoms with van der Waals surface area (Å²) in [4.78, 5) is 25.6. The molecular weight excluding hydrogens is 280 g/mol. The van der Waals surface area contributed by atoms with Gasteiger partial charge in [-0.2, -0.15) is 0 Å². The minimum Gasteiger partial charge on any atom is -0.352 e. The van der Waals surface area contributed by atoms with Crippen molar-refractivity contribution in [1.82, 2.24) is 10.2 Å². The van der Waals surface area contributed by atoms with Crippen molar-refractivity contribution < 1.29 is 18.0 Å². The Labute approximate surface area is 119 Å². The molecule has 0 bridgehead atoms. The molecule has 2 aliphatic heterocycles. The number of sulfone groups is 1. The van der Waals surface area contributed by atoms with Gasteiger partial charge in [-0.05, 0) is 19.3 Å². The molecule has 2 fully saturated rings. The third-order valence-electron chi connectivity index (χ3n) is 3.87. The number of carbonyl (C=O) groups is 2. The van der Waals surface area contributed by atoms with Crippen LogP contribution in [-0.2, 0) is 19.4 Å². The van der Waals surface area contributed by atoms with E-state index in [9.17, 15) is 18.0 Å². The lowest BCUT2D eigenvalue weighted by Gasteiger charge is -2.20. The summed E-state index contributed by atoms with van der Waals surface area (Å²) in [6.07, 6.45) is 4.54. The Hall–Kier alpha value is -1.11. The third kappa shape index (κ3) is 4.47. The Kier molecular flexibility index (Phi) is 5.01. The molecular formula is C13H22N2O4S. The van der Waals surface area contributed by atoms with E-state index in [1.54, 1.807) is 4.90 Å². The maximum absolute atomic E-state index is 12.0. The van der Waals surface area contributed by atoms with E-state index in [2.05, 4.69) is 5.32 Å². The molecule has 1 unspecified atom stereocenters. The van der Waals surface area contributed by atoms with Gasteiger partial charge < -0.3 is 10.2 Å². The van der Waals surface area contributed by atoms with Crippen molar-refractivity contribution in [2.75, 3.05) is 24.6 Å². The van der Waals surface area contributed by atoms with Crippen LogP contribution in [0.5, 0.6) is 0 Å². The molecule has 2 saturated heterocycles.